The van der Waals surface area contributed by atoms with Crippen molar-refractivity contribution < 1.29 is 26.4 Å². The van der Waals surface area contributed by atoms with Gasteiger partial charge in [0.1, 0.15) is 12.2 Å². The van der Waals surface area contributed by atoms with E-state index in [-0.39, 0.29) is 34.8 Å². The Bertz CT molecular complexity index is 890. The van der Waals surface area contributed by atoms with Crippen LogP contribution in [0.25, 0.3) is 0 Å². The number of benzene rings is 1. The number of hydrogen-bond donors (Lipinski definition) is 2. The molecule has 0 radical (unpaired) electrons. The number of allylic oxidation sites excluding steroid dienone is 2. The van der Waals surface area contributed by atoms with Crippen molar-refractivity contribution in [3.63, 3.8) is 0 Å². The van der Waals surface area contributed by atoms with Gasteiger partial charge in [-0.25, -0.2) is 8.42 Å². The number of nitrogens with one attached hydrogen (secondary N) is 1. The summed E-state index contributed by atoms with van der Waals surface area (Å²) in [7, 11) is -3.43. The predicted octanol–water partition coefficient (Wildman–Crippen LogP) is 2.82. The van der Waals surface area contributed by atoms with E-state index in [4.69, 9.17) is 5.73 Å². The molecule has 2 rings (SSSR count). The summed E-state index contributed by atoms with van der Waals surface area (Å²) in [6.07, 6.45) is -1.85. The van der Waals surface area contributed by atoms with Crippen molar-refractivity contribution in [2.75, 3.05) is 18.1 Å². The van der Waals surface area contributed by atoms with Crippen LogP contribution in [0.3, 0.4) is 0 Å². The number of halogens is 3. The average molecular weight is 403 g/mol. The van der Waals surface area contributed by atoms with Gasteiger partial charge in [0.05, 0.1) is 4.90 Å². The van der Waals surface area contributed by atoms with Crippen molar-refractivity contribution in [3.8, 4) is 0 Å². The Labute approximate surface area is 155 Å². The van der Waals surface area contributed by atoms with E-state index in [0.717, 1.165) is 6.26 Å². The third kappa shape index (κ3) is 5.81. The highest BCUT2D eigenvalue weighted by Gasteiger charge is 2.35. The Balaban J connectivity index is 2.13. The molecule has 1 aromatic carbocycles. The van der Waals surface area contributed by atoms with Crippen molar-refractivity contribution >= 4 is 27.1 Å². The van der Waals surface area contributed by atoms with Gasteiger partial charge in [-0.15, -0.1) is 0 Å². The van der Waals surface area contributed by atoms with Crippen molar-refractivity contribution in [3.05, 3.63) is 35.5 Å². The number of anilines is 1. The molecular weight excluding hydrogens is 383 g/mol. The molecule has 10 heteroatoms. The Hall–Kier alpha value is -2.36. The van der Waals surface area contributed by atoms with Crippen LogP contribution in [-0.2, 0) is 14.6 Å². The first kappa shape index (κ1) is 20.9. The topological polar surface area (TPSA) is 102 Å². The highest BCUT2D eigenvalue weighted by Crippen LogP contribution is 2.30. The summed E-state index contributed by atoms with van der Waals surface area (Å²) in [5, 5.41) is 2.49. The zero-order chi connectivity index (χ0) is 20.2. The molecule has 1 saturated carbocycles. The summed E-state index contributed by atoms with van der Waals surface area (Å²) in [5.74, 6) is -0.566. The Kier molecular flexibility index (Phi) is 6.30. The van der Waals surface area contributed by atoms with E-state index in [1.807, 2.05) is 0 Å². The molecule has 27 heavy (non-hydrogen) atoms. The van der Waals surface area contributed by atoms with Gasteiger partial charge in [0.15, 0.2) is 9.84 Å². The van der Waals surface area contributed by atoms with E-state index in [2.05, 4.69) is 10.3 Å². The average Bonchev–Trinajstić information content (AvgIpc) is 2.58. The maximum atomic E-state index is 12.9. The minimum Gasteiger partial charge on any atom is -0.394 e. The standard InChI is InChI=1S/C17H20F3N3O3S/c1-27(25,26)12-6-4-5-11(9-12)23-15(24)10-22-14-8-3-2-7-13(14)16(21)17(18,19)20/h4-6,9H,2-3,7-8,10,21H2,1H3,(H,23,24). The monoisotopic (exact) mass is 403 g/mol. The molecule has 1 aliphatic rings. The van der Waals surface area contributed by atoms with E-state index in [0.29, 0.717) is 19.3 Å². The second-order valence-corrected chi connectivity index (χ2v) is 8.22. The van der Waals surface area contributed by atoms with E-state index in [1.54, 1.807) is 0 Å². The number of aliphatic imine (C=N–C) groups is 1. The zero-order valence-corrected chi connectivity index (χ0v) is 15.5. The normalized spacial score (nSPS) is 19.0. The summed E-state index contributed by atoms with van der Waals surface area (Å²) >= 11 is 0. The van der Waals surface area contributed by atoms with Gasteiger partial charge in [-0.3, -0.25) is 9.79 Å². The summed E-state index contributed by atoms with van der Waals surface area (Å²) < 4.78 is 61.7. The van der Waals surface area contributed by atoms with Gasteiger partial charge < -0.3 is 11.1 Å². The van der Waals surface area contributed by atoms with Gasteiger partial charge in [0, 0.05) is 23.2 Å². The molecule has 3 N–H and O–H groups in total. The van der Waals surface area contributed by atoms with Gasteiger partial charge in [-0.1, -0.05) is 6.07 Å². The minimum absolute atomic E-state index is 0.0436. The van der Waals surface area contributed by atoms with Crippen molar-refractivity contribution in [1.29, 1.82) is 0 Å². The summed E-state index contributed by atoms with van der Waals surface area (Å²) in [6.45, 7) is -0.382. The molecule has 148 valence electrons. The second kappa shape index (κ2) is 8.12. The van der Waals surface area contributed by atoms with Crippen molar-refractivity contribution in [1.82, 2.24) is 0 Å². The molecule has 0 saturated heterocycles. The largest absolute Gasteiger partial charge is 0.431 e. The maximum Gasteiger partial charge on any atom is 0.431 e. The molecule has 0 spiro atoms. The lowest BCUT2D eigenvalue weighted by molar-refractivity contribution is -0.114. The van der Waals surface area contributed by atoms with Gasteiger partial charge in [0.2, 0.25) is 5.91 Å². The van der Waals surface area contributed by atoms with Crippen LogP contribution >= 0.6 is 0 Å². The molecule has 1 aromatic rings. The fourth-order valence-electron chi connectivity index (χ4n) is 2.70. The van der Waals surface area contributed by atoms with Crippen LogP contribution in [0, 0.1) is 0 Å². The van der Waals surface area contributed by atoms with Crippen LogP contribution in [0.5, 0.6) is 0 Å². The third-order valence-electron chi connectivity index (χ3n) is 4.03. The quantitative estimate of drug-likeness (QED) is 0.807. The van der Waals surface area contributed by atoms with Crippen LogP contribution in [0.1, 0.15) is 25.7 Å². The number of carbonyl (C=O) groups is 1. The SMILES string of the molecule is CS(=O)(=O)c1cccc(NC(=O)CN=C2CCCCC2=C(N)C(F)(F)F)c1. The smallest absolute Gasteiger partial charge is 0.394 e. The maximum absolute atomic E-state index is 12.9. The van der Waals surface area contributed by atoms with Crippen LogP contribution in [0.15, 0.2) is 45.4 Å². The van der Waals surface area contributed by atoms with Crippen molar-refractivity contribution in [2.24, 2.45) is 10.7 Å². The molecule has 0 aliphatic heterocycles. The predicted molar refractivity (Wildman–Crippen MR) is 96.2 cm³/mol. The number of sulfone groups is 1. The Morgan fingerprint density at radius 2 is 1.93 bits per heavy atom. The second-order valence-electron chi connectivity index (χ2n) is 6.21. The lowest BCUT2D eigenvalue weighted by Gasteiger charge is -2.20. The minimum atomic E-state index is -4.64. The fourth-order valence-corrected chi connectivity index (χ4v) is 3.36. The molecule has 0 aromatic heterocycles. The molecule has 0 bridgehead atoms. The van der Waals surface area contributed by atoms with E-state index in [1.165, 1.54) is 24.3 Å². The highest BCUT2D eigenvalue weighted by molar-refractivity contribution is 7.90. The number of nitrogens with zero attached hydrogens (tertiary/aromatic N) is 1. The summed E-state index contributed by atoms with van der Waals surface area (Å²) in [4.78, 5) is 16.1. The van der Waals surface area contributed by atoms with Crippen LogP contribution in [0.4, 0.5) is 18.9 Å². The van der Waals surface area contributed by atoms with E-state index >= 15 is 0 Å². The molecule has 0 atom stereocenters. The number of nitrogens with two attached hydrogens (primary N) is 1. The van der Waals surface area contributed by atoms with Crippen LogP contribution < -0.4 is 11.1 Å². The van der Waals surface area contributed by atoms with Gasteiger partial charge in [-0.05, 0) is 43.9 Å². The molecule has 6 nitrogen and oxygen atoms in total. The number of hydrogen-bond acceptors (Lipinski definition) is 5. The molecular formula is C17H20F3N3O3S. The number of rotatable bonds is 4. The number of alkyl halides is 3. The molecule has 1 aliphatic carbocycles. The summed E-state index contributed by atoms with van der Waals surface area (Å²) in [6, 6.07) is 5.68. The number of amides is 1. The first-order valence-electron chi connectivity index (χ1n) is 8.18. The zero-order valence-electron chi connectivity index (χ0n) is 14.6. The summed E-state index contributed by atoms with van der Waals surface area (Å²) in [5.41, 5.74) is 4.45. The van der Waals surface area contributed by atoms with Crippen LogP contribution in [0.2, 0.25) is 0 Å². The Morgan fingerprint density at radius 3 is 2.56 bits per heavy atom. The lowest BCUT2D eigenvalue weighted by atomic mass is 9.91. The highest BCUT2D eigenvalue weighted by atomic mass is 32.2. The first-order chi connectivity index (χ1) is 12.5. The van der Waals surface area contributed by atoms with Crippen LogP contribution in [-0.4, -0.2) is 39.0 Å². The fraction of sp³-hybridized carbons (Fsp3) is 0.412. The van der Waals surface area contributed by atoms with Crippen molar-refractivity contribution in [2.45, 2.75) is 36.8 Å². The molecule has 1 amide bonds. The molecule has 0 unspecified atom stereocenters. The van der Waals surface area contributed by atoms with E-state index < -0.39 is 27.6 Å². The van der Waals surface area contributed by atoms with Gasteiger partial charge >= 0.3 is 6.18 Å². The lowest BCUT2D eigenvalue weighted by Crippen LogP contribution is -2.27. The first-order valence-corrected chi connectivity index (χ1v) is 10.1. The van der Waals surface area contributed by atoms with Gasteiger partial charge in [-0.2, -0.15) is 13.2 Å². The Morgan fingerprint density at radius 1 is 1.26 bits per heavy atom. The number of carbonyl (C=O) groups excluding carboxylic acids is 1. The molecule has 1 fully saturated rings. The van der Waals surface area contributed by atoms with Gasteiger partial charge in [0.25, 0.3) is 0 Å². The van der Waals surface area contributed by atoms with E-state index in [9.17, 15) is 26.4 Å². The third-order valence-corrected chi connectivity index (χ3v) is 5.14. The molecule has 0 heterocycles.